The highest BCUT2D eigenvalue weighted by Crippen LogP contribution is 2.41. The molecule has 2 aromatic heterocycles. The number of H-pyrrole nitrogens is 1. The number of nitrogens with one attached hydrogen (secondary N) is 3. The van der Waals surface area contributed by atoms with Crippen LogP contribution < -0.4 is 10.6 Å². The Kier molecular flexibility index (Phi) is 6.39. The van der Waals surface area contributed by atoms with Crippen LogP contribution >= 0.6 is 11.8 Å². The molecular formula is C24H31N7O4S. The minimum atomic E-state index is -0.607. The normalized spacial score (nSPS) is 26.8. The molecule has 0 saturated carbocycles. The molecule has 0 spiro atoms. The summed E-state index contributed by atoms with van der Waals surface area (Å²) in [6.45, 7) is 6.04. The number of hydrogen-bond donors (Lipinski definition) is 3. The van der Waals surface area contributed by atoms with Crippen molar-refractivity contribution >= 4 is 35.3 Å². The lowest BCUT2D eigenvalue weighted by atomic mass is 9.79. The van der Waals surface area contributed by atoms with Gasteiger partial charge in [-0.05, 0) is 38.3 Å². The molecule has 4 atom stereocenters. The molecule has 0 aromatic carbocycles. The van der Waals surface area contributed by atoms with Crippen LogP contribution in [0.25, 0.3) is 0 Å². The van der Waals surface area contributed by atoms with Crippen LogP contribution in [0.4, 0.5) is 0 Å². The standard InChI is InChI=1S/C24H31N7O4S/c1-13(32)31-12-36-24(2,3)21(31)23(35)27-17-5-4-14-6-7-30-11-15(8-18(33)19(17)20(14)30)22(34)25-9-16-10-26-29-28-16/h6-7,10,15,17,19,21H,4-5,8-9,11-12H2,1-3H3,(H,25,34)(H,27,35)(H,26,28,29)/t15-,17-,19?,21?/m0/s1. The number of hydrogen-bond acceptors (Lipinski definition) is 7. The first-order chi connectivity index (χ1) is 17.2. The van der Waals surface area contributed by atoms with E-state index in [-0.39, 0.29) is 36.5 Å². The number of aryl methyl sites for hydroxylation is 1. The van der Waals surface area contributed by atoms with E-state index in [1.165, 1.54) is 13.1 Å². The maximum atomic E-state index is 13.6. The third kappa shape index (κ3) is 4.42. The van der Waals surface area contributed by atoms with Gasteiger partial charge in [0.2, 0.25) is 17.7 Å². The van der Waals surface area contributed by atoms with Crippen LogP contribution in [0.2, 0.25) is 0 Å². The van der Waals surface area contributed by atoms with E-state index in [1.54, 1.807) is 16.7 Å². The van der Waals surface area contributed by atoms with E-state index in [2.05, 4.69) is 26.0 Å². The lowest BCUT2D eigenvalue weighted by Crippen LogP contribution is -2.56. The van der Waals surface area contributed by atoms with Crippen molar-refractivity contribution < 1.29 is 19.2 Å². The minimum Gasteiger partial charge on any atom is -0.350 e. The van der Waals surface area contributed by atoms with Gasteiger partial charge in [-0.15, -0.1) is 11.8 Å². The van der Waals surface area contributed by atoms with E-state index in [1.807, 2.05) is 30.7 Å². The number of rotatable bonds is 5. The first-order valence-electron chi connectivity index (χ1n) is 12.2. The highest BCUT2D eigenvalue weighted by atomic mass is 32.2. The van der Waals surface area contributed by atoms with Crippen molar-refractivity contribution in [2.24, 2.45) is 5.92 Å². The maximum Gasteiger partial charge on any atom is 0.244 e. The molecule has 5 rings (SSSR count). The predicted molar refractivity (Wildman–Crippen MR) is 132 cm³/mol. The van der Waals surface area contributed by atoms with Gasteiger partial charge in [-0.1, -0.05) is 0 Å². The monoisotopic (exact) mass is 513 g/mol. The number of nitrogens with zero attached hydrogens (tertiary/aromatic N) is 4. The van der Waals surface area contributed by atoms with Gasteiger partial charge in [-0.3, -0.25) is 19.2 Å². The Morgan fingerprint density at radius 1 is 1.28 bits per heavy atom. The summed E-state index contributed by atoms with van der Waals surface area (Å²) in [5.41, 5.74) is 2.59. The number of thioether (sulfide) groups is 1. The number of carbonyl (C=O) groups excluding carboxylic acids is 4. The van der Waals surface area contributed by atoms with Gasteiger partial charge in [0.15, 0.2) is 0 Å². The second kappa shape index (κ2) is 9.38. The molecular weight excluding hydrogens is 482 g/mol. The molecule has 4 heterocycles. The summed E-state index contributed by atoms with van der Waals surface area (Å²) in [4.78, 5) is 53.9. The van der Waals surface area contributed by atoms with E-state index < -0.39 is 28.7 Å². The minimum absolute atomic E-state index is 0.0521. The molecule has 0 radical (unpaired) electrons. The van der Waals surface area contributed by atoms with Crippen LogP contribution in [-0.2, 0) is 38.7 Å². The molecule has 2 unspecified atom stereocenters. The SMILES string of the molecule is CC(=O)N1CSC(C)(C)C1C(=O)N[C@H]1CCc2ccn3c2C1C(=O)C[C@H](C(=O)NCc1cn[nH]n1)C3. The van der Waals surface area contributed by atoms with Gasteiger partial charge in [0, 0.05) is 42.6 Å². The Labute approximate surface area is 213 Å². The van der Waals surface area contributed by atoms with Gasteiger partial charge in [-0.2, -0.15) is 15.4 Å². The van der Waals surface area contributed by atoms with Crippen molar-refractivity contribution in [1.29, 1.82) is 0 Å². The fraction of sp³-hybridized carbons (Fsp3) is 0.583. The number of Topliss-reactive ketones (excluding diaryl/α,β-unsaturated/α-hetero) is 1. The predicted octanol–water partition coefficient (Wildman–Crippen LogP) is 0.726. The molecule has 0 bridgehead atoms. The molecule has 1 saturated heterocycles. The van der Waals surface area contributed by atoms with Crippen LogP contribution in [0.1, 0.15) is 56.5 Å². The van der Waals surface area contributed by atoms with Crippen LogP contribution in [0, 0.1) is 5.92 Å². The quantitative estimate of drug-likeness (QED) is 0.535. The zero-order chi connectivity index (χ0) is 25.6. The Morgan fingerprint density at radius 3 is 2.81 bits per heavy atom. The zero-order valence-corrected chi connectivity index (χ0v) is 21.4. The maximum absolute atomic E-state index is 13.6. The first kappa shape index (κ1) is 24.5. The molecule has 36 heavy (non-hydrogen) atoms. The topological polar surface area (TPSA) is 142 Å². The summed E-state index contributed by atoms with van der Waals surface area (Å²) in [5, 5.41) is 16.2. The lowest BCUT2D eigenvalue weighted by molar-refractivity contribution is -0.138. The van der Waals surface area contributed by atoms with Crippen LogP contribution in [-0.4, -0.2) is 71.1 Å². The van der Waals surface area contributed by atoms with E-state index >= 15 is 0 Å². The number of aromatic nitrogens is 4. The summed E-state index contributed by atoms with van der Waals surface area (Å²) in [6, 6.07) is 1.01. The summed E-state index contributed by atoms with van der Waals surface area (Å²) >= 11 is 1.57. The number of aromatic amines is 1. The van der Waals surface area contributed by atoms with E-state index in [4.69, 9.17) is 0 Å². The molecule has 12 heteroatoms. The Hall–Kier alpha value is -3.15. The van der Waals surface area contributed by atoms with E-state index in [0.717, 1.165) is 17.7 Å². The third-order valence-electron chi connectivity index (χ3n) is 7.53. The molecule has 192 valence electrons. The summed E-state index contributed by atoms with van der Waals surface area (Å²) in [5.74, 6) is -1.22. The molecule has 1 fully saturated rings. The zero-order valence-electron chi connectivity index (χ0n) is 20.6. The highest BCUT2D eigenvalue weighted by molar-refractivity contribution is 8.00. The van der Waals surface area contributed by atoms with Crippen molar-refractivity contribution in [2.45, 2.75) is 75.9 Å². The Balaban J connectivity index is 1.35. The van der Waals surface area contributed by atoms with Gasteiger partial charge < -0.3 is 20.1 Å². The highest BCUT2D eigenvalue weighted by Gasteiger charge is 2.49. The largest absolute Gasteiger partial charge is 0.350 e. The molecule has 1 aliphatic carbocycles. The number of amides is 3. The van der Waals surface area contributed by atoms with Crippen molar-refractivity contribution in [1.82, 2.24) is 35.5 Å². The Bertz CT molecular complexity index is 1190. The van der Waals surface area contributed by atoms with Gasteiger partial charge in [0.25, 0.3) is 0 Å². The lowest BCUT2D eigenvalue weighted by Gasteiger charge is -2.35. The van der Waals surface area contributed by atoms with Crippen molar-refractivity contribution in [3.05, 3.63) is 35.4 Å². The van der Waals surface area contributed by atoms with Crippen LogP contribution in [0.3, 0.4) is 0 Å². The molecule has 2 aromatic rings. The second-order valence-corrected chi connectivity index (χ2v) is 11.9. The third-order valence-corrected chi connectivity index (χ3v) is 8.91. The summed E-state index contributed by atoms with van der Waals surface area (Å²) in [7, 11) is 0. The molecule has 3 aliphatic rings. The molecule has 11 nitrogen and oxygen atoms in total. The summed E-state index contributed by atoms with van der Waals surface area (Å²) in [6.07, 6.45) is 4.93. The first-order valence-corrected chi connectivity index (χ1v) is 13.2. The van der Waals surface area contributed by atoms with E-state index in [9.17, 15) is 19.2 Å². The van der Waals surface area contributed by atoms with Gasteiger partial charge >= 0.3 is 0 Å². The van der Waals surface area contributed by atoms with Crippen molar-refractivity contribution in [3.8, 4) is 0 Å². The summed E-state index contributed by atoms with van der Waals surface area (Å²) < 4.78 is 1.57. The van der Waals surface area contributed by atoms with Crippen molar-refractivity contribution in [2.75, 3.05) is 5.88 Å². The van der Waals surface area contributed by atoms with Crippen LogP contribution in [0.15, 0.2) is 18.5 Å². The molecule has 3 N–H and O–H groups in total. The average molecular weight is 514 g/mol. The van der Waals surface area contributed by atoms with Crippen LogP contribution in [0.5, 0.6) is 0 Å². The van der Waals surface area contributed by atoms with Gasteiger partial charge in [-0.25, -0.2) is 0 Å². The molecule has 3 amide bonds. The smallest absolute Gasteiger partial charge is 0.244 e. The fourth-order valence-electron chi connectivity index (χ4n) is 5.72. The second-order valence-electron chi connectivity index (χ2n) is 10.3. The number of ketones is 1. The van der Waals surface area contributed by atoms with Gasteiger partial charge in [0.1, 0.15) is 17.5 Å². The van der Waals surface area contributed by atoms with Gasteiger partial charge in [0.05, 0.1) is 30.5 Å². The number of carbonyl (C=O) groups is 4. The van der Waals surface area contributed by atoms with E-state index in [0.29, 0.717) is 24.5 Å². The average Bonchev–Trinajstić information content (AvgIpc) is 3.53. The fourth-order valence-corrected chi connectivity index (χ4v) is 6.91. The van der Waals surface area contributed by atoms with Crippen molar-refractivity contribution in [3.63, 3.8) is 0 Å². The Morgan fingerprint density at radius 2 is 2.08 bits per heavy atom. The molecule has 2 aliphatic heterocycles.